The van der Waals surface area contributed by atoms with Gasteiger partial charge >= 0.3 is 11.9 Å². The SMILES string of the molecule is CCOC(=O)C1=C(C2CCN(S(=O)(=O)C3CC(C)(C(=O)OCCSI)C3)CC2)NC(c2nccs2)=NC1c1ccc(F)c(F)c1Cl. The molecule has 17 heteroatoms. The van der Waals surface area contributed by atoms with Gasteiger partial charge in [-0.3, -0.25) is 9.79 Å². The van der Waals surface area contributed by atoms with Crippen LogP contribution >= 0.6 is 53.1 Å². The van der Waals surface area contributed by atoms with Crippen molar-refractivity contribution in [1.82, 2.24) is 14.6 Å². The molecule has 0 amide bonds. The van der Waals surface area contributed by atoms with Crippen molar-refractivity contribution < 1.29 is 36.3 Å². The first-order chi connectivity index (χ1) is 21.9. The first-order valence-electron chi connectivity index (χ1n) is 14.6. The first kappa shape index (κ1) is 35.4. The lowest BCUT2D eigenvalue weighted by molar-refractivity contribution is -0.159. The van der Waals surface area contributed by atoms with Gasteiger partial charge in [0.15, 0.2) is 22.5 Å². The minimum atomic E-state index is -3.70. The smallest absolute Gasteiger partial charge is 0.338 e. The van der Waals surface area contributed by atoms with Gasteiger partial charge in [-0.2, -0.15) is 0 Å². The number of sulfonamides is 1. The molecule has 0 bridgehead atoms. The van der Waals surface area contributed by atoms with Crippen LogP contribution in [0.5, 0.6) is 0 Å². The average molecular weight is 829 g/mol. The summed E-state index contributed by atoms with van der Waals surface area (Å²) in [6, 6.07) is 1.08. The van der Waals surface area contributed by atoms with E-state index in [1.54, 1.807) is 25.4 Å². The molecular weight excluding hydrogens is 797 g/mol. The number of carbonyl (C=O) groups is 2. The molecule has 46 heavy (non-hydrogen) atoms. The Hall–Kier alpha value is -1.86. The van der Waals surface area contributed by atoms with Gasteiger partial charge in [0.1, 0.15) is 12.6 Å². The third kappa shape index (κ3) is 7.11. The van der Waals surface area contributed by atoms with Crippen molar-refractivity contribution in [3.8, 4) is 0 Å². The van der Waals surface area contributed by atoms with Gasteiger partial charge in [-0.15, -0.1) is 11.3 Å². The number of thiazole rings is 1. The van der Waals surface area contributed by atoms with Gasteiger partial charge in [-0.25, -0.2) is 31.3 Å². The number of allylic oxidation sites excluding steroid dienone is 1. The van der Waals surface area contributed by atoms with Crippen LogP contribution in [0.3, 0.4) is 0 Å². The van der Waals surface area contributed by atoms with Crippen molar-refractivity contribution in [3.63, 3.8) is 0 Å². The summed E-state index contributed by atoms with van der Waals surface area (Å²) in [5, 5.41) is 4.31. The molecule has 2 fully saturated rings. The van der Waals surface area contributed by atoms with Gasteiger partial charge in [0.05, 0.1) is 27.9 Å². The van der Waals surface area contributed by atoms with Crippen LogP contribution < -0.4 is 5.32 Å². The number of carbonyl (C=O) groups excluding carboxylic acids is 2. The highest BCUT2D eigenvalue weighted by Crippen LogP contribution is 2.47. The van der Waals surface area contributed by atoms with Crippen LogP contribution in [0, 0.1) is 23.0 Å². The van der Waals surface area contributed by atoms with Gasteiger partial charge < -0.3 is 14.8 Å². The van der Waals surface area contributed by atoms with Gasteiger partial charge in [-0.05, 0) is 66.8 Å². The topological polar surface area (TPSA) is 127 Å². The molecule has 1 aromatic heterocycles. The summed E-state index contributed by atoms with van der Waals surface area (Å²) in [6.45, 7) is 4.08. The number of hydrogen-bond donors (Lipinski definition) is 1. The number of benzene rings is 1. The number of nitrogens with zero attached hydrogens (tertiary/aromatic N) is 3. The molecule has 2 aromatic rings. The molecule has 1 aliphatic carbocycles. The van der Waals surface area contributed by atoms with Gasteiger partial charge in [0.25, 0.3) is 0 Å². The molecule has 5 rings (SSSR count). The molecule has 3 aliphatic rings. The molecule has 1 saturated heterocycles. The zero-order chi connectivity index (χ0) is 33.2. The molecule has 1 N–H and O–H groups in total. The minimum Gasteiger partial charge on any atom is -0.464 e. The Morgan fingerprint density at radius 2 is 1.96 bits per heavy atom. The Labute approximate surface area is 291 Å². The molecule has 2 aliphatic heterocycles. The number of ether oxygens (including phenoxy) is 2. The number of amidine groups is 1. The summed E-state index contributed by atoms with van der Waals surface area (Å²) in [6.07, 6.45) is 2.68. The van der Waals surface area contributed by atoms with E-state index in [2.05, 4.69) is 36.5 Å². The van der Waals surface area contributed by atoms with Crippen molar-refractivity contribution in [2.24, 2.45) is 16.3 Å². The third-order valence-electron chi connectivity index (χ3n) is 8.45. The van der Waals surface area contributed by atoms with E-state index in [4.69, 9.17) is 21.1 Å². The predicted molar refractivity (Wildman–Crippen MR) is 181 cm³/mol. The zero-order valence-electron chi connectivity index (χ0n) is 24.9. The Morgan fingerprint density at radius 1 is 1.24 bits per heavy atom. The fourth-order valence-electron chi connectivity index (χ4n) is 6.02. The monoisotopic (exact) mass is 828 g/mol. The zero-order valence-corrected chi connectivity index (χ0v) is 30.3. The van der Waals surface area contributed by atoms with Gasteiger partial charge in [0, 0.05) is 47.6 Å². The van der Waals surface area contributed by atoms with Crippen molar-refractivity contribution >= 4 is 80.9 Å². The second-order valence-electron chi connectivity index (χ2n) is 11.4. The lowest BCUT2D eigenvalue weighted by atomic mass is 9.70. The Morgan fingerprint density at radius 3 is 2.59 bits per heavy atom. The number of aromatic nitrogens is 1. The molecule has 1 unspecified atom stereocenters. The van der Waals surface area contributed by atoms with Crippen molar-refractivity contribution in [2.75, 3.05) is 32.1 Å². The highest BCUT2D eigenvalue weighted by atomic mass is 127. The summed E-state index contributed by atoms with van der Waals surface area (Å²) in [5.74, 6) is -2.83. The van der Waals surface area contributed by atoms with E-state index in [1.807, 2.05) is 0 Å². The summed E-state index contributed by atoms with van der Waals surface area (Å²) in [7, 11) is -2.17. The molecule has 0 spiro atoms. The number of nitrogens with one attached hydrogen (secondary N) is 1. The maximum atomic E-state index is 14.7. The quantitative estimate of drug-likeness (QED) is 0.129. The van der Waals surface area contributed by atoms with Gasteiger partial charge in [-0.1, -0.05) is 26.6 Å². The summed E-state index contributed by atoms with van der Waals surface area (Å²) < 4.78 is 68.0. The van der Waals surface area contributed by atoms with Crippen molar-refractivity contribution in [2.45, 2.75) is 50.8 Å². The molecule has 250 valence electrons. The van der Waals surface area contributed by atoms with E-state index in [-0.39, 0.29) is 62.2 Å². The van der Waals surface area contributed by atoms with E-state index in [0.717, 1.165) is 6.07 Å². The lowest BCUT2D eigenvalue weighted by Gasteiger charge is -2.45. The molecular formula is C29H32ClF2IN4O6S3. The number of esters is 2. The normalized spacial score (nSPS) is 24.2. The summed E-state index contributed by atoms with van der Waals surface area (Å²) >= 11 is 9.70. The predicted octanol–water partition coefficient (Wildman–Crippen LogP) is 5.82. The molecule has 1 saturated carbocycles. The van der Waals surface area contributed by atoms with Crippen LogP contribution in [0.25, 0.3) is 0 Å². The molecule has 1 atom stereocenters. The van der Waals surface area contributed by atoms with E-state index in [9.17, 15) is 26.8 Å². The lowest BCUT2D eigenvalue weighted by Crippen LogP contribution is -2.54. The summed E-state index contributed by atoms with van der Waals surface area (Å²) in [4.78, 5) is 35.1. The second kappa shape index (κ2) is 14.7. The van der Waals surface area contributed by atoms with Crippen LogP contribution in [-0.4, -0.2) is 72.8 Å². The van der Waals surface area contributed by atoms with Crippen LogP contribution in [0.1, 0.15) is 56.1 Å². The molecule has 0 radical (unpaired) electrons. The number of hydrogen-bond acceptors (Lipinski definition) is 11. The fourth-order valence-corrected chi connectivity index (χ4v) is 9.85. The van der Waals surface area contributed by atoms with Crippen LogP contribution in [0.2, 0.25) is 5.02 Å². The number of aliphatic imine (C=N–C) groups is 1. The van der Waals surface area contributed by atoms with E-state index >= 15 is 0 Å². The minimum absolute atomic E-state index is 0.0542. The largest absolute Gasteiger partial charge is 0.464 e. The van der Waals surface area contributed by atoms with E-state index in [0.29, 0.717) is 35.1 Å². The fraction of sp³-hybridized carbons (Fsp3) is 0.517. The highest BCUT2D eigenvalue weighted by molar-refractivity contribution is 14.2. The van der Waals surface area contributed by atoms with Crippen molar-refractivity contribution in [1.29, 1.82) is 0 Å². The standard InChI is InChI=1S/C29H32ClF2IN4O6S3/c1-3-42-27(38)20-23(35-25(26-34-8-12-44-26)36-24(20)18-4-5-19(31)22(32)21(18)30)16-6-9-37(10-7-16)46(40,41)17-14-29(2,15-17)28(39)43-11-13-45-33/h4-5,8,12,16-17,24H,3,6-7,9-11,13-15H2,1-2H3,(H,35,36). The van der Waals surface area contributed by atoms with E-state index in [1.165, 1.54) is 30.6 Å². The van der Waals surface area contributed by atoms with Crippen LogP contribution in [0.15, 0.2) is 40.0 Å². The first-order valence-corrected chi connectivity index (χ1v) is 20.9. The average Bonchev–Trinajstić information content (AvgIpc) is 3.57. The Kier molecular flexibility index (Phi) is 11.3. The van der Waals surface area contributed by atoms with Crippen LogP contribution in [-0.2, 0) is 29.1 Å². The molecule has 1 aromatic carbocycles. The van der Waals surface area contributed by atoms with Crippen LogP contribution in [0.4, 0.5) is 8.78 Å². The number of piperidine rings is 1. The molecule has 10 nitrogen and oxygen atoms in total. The number of halogens is 4. The van der Waals surface area contributed by atoms with Crippen molar-refractivity contribution in [3.05, 3.63) is 62.2 Å². The summed E-state index contributed by atoms with van der Waals surface area (Å²) in [5.41, 5.74) is -0.217. The number of rotatable bonds is 11. The Balaban J connectivity index is 1.40. The Bertz CT molecular complexity index is 1650. The maximum Gasteiger partial charge on any atom is 0.338 e. The highest BCUT2D eigenvalue weighted by Gasteiger charge is 2.54. The third-order valence-corrected chi connectivity index (χ3v) is 13.5. The van der Waals surface area contributed by atoms with E-state index < -0.39 is 49.4 Å². The second-order valence-corrected chi connectivity index (χ2v) is 17.4. The van der Waals surface area contributed by atoms with Gasteiger partial charge in [0.2, 0.25) is 10.0 Å². The molecule has 3 heterocycles. The maximum absolute atomic E-state index is 14.7.